The van der Waals surface area contributed by atoms with Crippen LogP contribution in [0, 0.1) is 5.92 Å². The number of nitrogens with one attached hydrogen (secondary N) is 1. The van der Waals surface area contributed by atoms with Crippen molar-refractivity contribution in [2.24, 2.45) is 5.92 Å². The fraction of sp³-hybridized carbons (Fsp3) is 0.571. The zero-order chi connectivity index (χ0) is 12.3. The van der Waals surface area contributed by atoms with Gasteiger partial charge in [-0.15, -0.1) is 0 Å². The summed E-state index contributed by atoms with van der Waals surface area (Å²) < 4.78 is 0. The lowest BCUT2D eigenvalue weighted by Crippen LogP contribution is -2.45. The number of rotatable bonds is 3. The smallest absolute Gasteiger partial charge is 0.0661 e. The summed E-state index contributed by atoms with van der Waals surface area (Å²) in [6.45, 7) is 2.42. The highest BCUT2D eigenvalue weighted by Gasteiger charge is 2.34. The quantitative estimate of drug-likeness (QED) is 0.861. The molecule has 1 aromatic rings. The second-order valence-corrected chi connectivity index (χ2v) is 5.65. The van der Waals surface area contributed by atoms with Gasteiger partial charge in [-0.25, -0.2) is 0 Å². The standard InChI is InChI=1S/C14H20ClNO/c1-11-5-4-8-14(9-11,10-17)16-13-7-3-2-6-12(13)15/h2-3,6-7,11,16-17H,4-5,8-10H2,1H3. The van der Waals surface area contributed by atoms with Crippen LogP contribution in [0.5, 0.6) is 0 Å². The molecule has 1 aromatic carbocycles. The number of para-hydroxylation sites is 1. The molecule has 0 amide bonds. The van der Waals surface area contributed by atoms with Gasteiger partial charge in [-0.1, -0.05) is 43.5 Å². The molecule has 0 aromatic heterocycles. The van der Waals surface area contributed by atoms with Gasteiger partial charge in [-0.05, 0) is 30.9 Å². The Hall–Kier alpha value is -0.730. The summed E-state index contributed by atoms with van der Waals surface area (Å²) in [5.41, 5.74) is 0.736. The first-order chi connectivity index (χ1) is 8.15. The topological polar surface area (TPSA) is 32.3 Å². The van der Waals surface area contributed by atoms with Crippen LogP contribution < -0.4 is 5.32 Å². The molecule has 0 bridgehead atoms. The first-order valence-electron chi connectivity index (χ1n) is 6.29. The van der Waals surface area contributed by atoms with Crippen molar-refractivity contribution in [1.82, 2.24) is 0 Å². The largest absolute Gasteiger partial charge is 0.394 e. The van der Waals surface area contributed by atoms with E-state index >= 15 is 0 Å². The van der Waals surface area contributed by atoms with E-state index in [2.05, 4.69) is 12.2 Å². The number of hydrogen-bond donors (Lipinski definition) is 2. The van der Waals surface area contributed by atoms with Crippen LogP contribution >= 0.6 is 11.6 Å². The van der Waals surface area contributed by atoms with E-state index in [1.54, 1.807) is 0 Å². The Morgan fingerprint density at radius 3 is 2.88 bits per heavy atom. The number of anilines is 1. The molecule has 1 aliphatic rings. The van der Waals surface area contributed by atoms with Crippen LogP contribution in [0.4, 0.5) is 5.69 Å². The van der Waals surface area contributed by atoms with Crippen molar-refractivity contribution in [3.05, 3.63) is 29.3 Å². The Morgan fingerprint density at radius 2 is 2.24 bits per heavy atom. The molecular weight excluding hydrogens is 234 g/mol. The van der Waals surface area contributed by atoms with Gasteiger partial charge >= 0.3 is 0 Å². The fourth-order valence-electron chi connectivity index (χ4n) is 2.80. The summed E-state index contributed by atoms with van der Waals surface area (Å²) in [7, 11) is 0. The van der Waals surface area contributed by atoms with E-state index < -0.39 is 0 Å². The third-order valence-electron chi connectivity index (χ3n) is 3.67. The van der Waals surface area contributed by atoms with Crippen molar-refractivity contribution >= 4 is 17.3 Å². The highest BCUT2D eigenvalue weighted by Crippen LogP contribution is 2.36. The molecule has 17 heavy (non-hydrogen) atoms. The Kier molecular flexibility index (Phi) is 3.95. The third kappa shape index (κ3) is 2.93. The summed E-state index contributed by atoms with van der Waals surface area (Å²) in [6.07, 6.45) is 4.44. The van der Waals surface area contributed by atoms with Crippen LogP contribution in [0.15, 0.2) is 24.3 Å². The molecule has 1 saturated carbocycles. The molecule has 1 fully saturated rings. The predicted molar refractivity (Wildman–Crippen MR) is 72.5 cm³/mol. The molecule has 0 saturated heterocycles. The van der Waals surface area contributed by atoms with Crippen LogP contribution in [-0.2, 0) is 0 Å². The van der Waals surface area contributed by atoms with Crippen LogP contribution in [-0.4, -0.2) is 17.3 Å². The van der Waals surface area contributed by atoms with E-state index in [0.29, 0.717) is 5.92 Å². The minimum absolute atomic E-state index is 0.169. The maximum absolute atomic E-state index is 9.71. The third-order valence-corrected chi connectivity index (χ3v) is 4.00. The fourth-order valence-corrected chi connectivity index (χ4v) is 2.99. The maximum atomic E-state index is 9.71. The normalized spacial score (nSPS) is 29.0. The van der Waals surface area contributed by atoms with Crippen LogP contribution in [0.1, 0.15) is 32.6 Å². The number of aliphatic hydroxyl groups is 1. The monoisotopic (exact) mass is 253 g/mol. The van der Waals surface area contributed by atoms with E-state index in [0.717, 1.165) is 23.6 Å². The summed E-state index contributed by atoms with van der Waals surface area (Å²) in [5.74, 6) is 0.658. The van der Waals surface area contributed by atoms with Gasteiger partial charge in [0.15, 0.2) is 0 Å². The number of benzene rings is 1. The van der Waals surface area contributed by atoms with Gasteiger partial charge in [-0.2, -0.15) is 0 Å². The van der Waals surface area contributed by atoms with E-state index in [-0.39, 0.29) is 12.1 Å². The number of aliphatic hydroxyl groups excluding tert-OH is 1. The Labute approximate surface area is 108 Å². The molecule has 0 aliphatic heterocycles. The predicted octanol–water partition coefficient (Wildman–Crippen LogP) is 3.69. The highest BCUT2D eigenvalue weighted by molar-refractivity contribution is 6.33. The van der Waals surface area contributed by atoms with Crippen molar-refractivity contribution < 1.29 is 5.11 Å². The number of halogens is 1. The van der Waals surface area contributed by atoms with Crippen molar-refractivity contribution in [3.63, 3.8) is 0 Å². The molecule has 2 unspecified atom stereocenters. The van der Waals surface area contributed by atoms with Crippen LogP contribution in [0.2, 0.25) is 5.02 Å². The lowest BCUT2D eigenvalue weighted by Gasteiger charge is -2.40. The molecular formula is C14H20ClNO. The van der Waals surface area contributed by atoms with Gasteiger partial charge < -0.3 is 10.4 Å². The Balaban J connectivity index is 2.17. The van der Waals surface area contributed by atoms with Gasteiger partial charge in [0.1, 0.15) is 0 Å². The van der Waals surface area contributed by atoms with Crippen LogP contribution in [0.25, 0.3) is 0 Å². The molecule has 0 radical (unpaired) electrons. The van der Waals surface area contributed by atoms with Gasteiger partial charge in [-0.3, -0.25) is 0 Å². The Morgan fingerprint density at radius 1 is 1.47 bits per heavy atom. The van der Waals surface area contributed by atoms with Gasteiger partial charge in [0.25, 0.3) is 0 Å². The molecule has 1 aliphatic carbocycles. The average Bonchev–Trinajstić information content (AvgIpc) is 2.32. The minimum atomic E-state index is -0.192. The van der Waals surface area contributed by atoms with Crippen LogP contribution in [0.3, 0.4) is 0 Å². The summed E-state index contributed by atoms with van der Waals surface area (Å²) >= 11 is 6.15. The highest BCUT2D eigenvalue weighted by atomic mass is 35.5. The summed E-state index contributed by atoms with van der Waals surface area (Å²) in [6, 6.07) is 7.73. The number of hydrogen-bond acceptors (Lipinski definition) is 2. The summed E-state index contributed by atoms with van der Waals surface area (Å²) in [5, 5.41) is 13.9. The molecule has 0 heterocycles. The maximum Gasteiger partial charge on any atom is 0.0661 e. The first kappa shape index (κ1) is 12.7. The second-order valence-electron chi connectivity index (χ2n) is 5.24. The van der Waals surface area contributed by atoms with Crippen molar-refractivity contribution in [2.45, 2.75) is 38.1 Å². The molecule has 2 nitrogen and oxygen atoms in total. The van der Waals surface area contributed by atoms with Gasteiger partial charge in [0, 0.05) is 0 Å². The summed E-state index contributed by atoms with van der Waals surface area (Å²) in [4.78, 5) is 0. The zero-order valence-corrected chi connectivity index (χ0v) is 11.0. The van der Waals surface area contributed by atoms with E-state index in [9.17, 15) is 5.11 Å². The van der Waals surface area contributed by atoms with Gasteiger partial charge in [0.2, 0.25) is 0 Å². The van der Waals surface area contributed by atoms with Crippen molar-refractivity contribution in [1.29, 1.82) is 0 Å². The molecule has 2 atom stereocenters. The first-order valence-corrected chi connectivity index (χ1v) is 6.67. The van der Waals surface area contributed by atoms with Crippen molar-refractivity contribution in [2.75, 3.05) is 11.9 Å². The molecule has 0 spiro atoms. The average molecular weight is 254 g/mol. The SMILES string of the molecule is CC1CCCC(CO)(Nc2ccccc2Cl)C1. The minimum Gasteiger partial charge on any atom is -0.394 e. The molecule has 2 rings (SSSR count). The second kappa shape index (κ2) is 5.28. The molecule has 3 heteroatoms. The Bertz CT molecular complexity index is 382. The molecule has 94 valence electrons. The van der Waals surface area contributed by atoms with E-state index in [4.69, 9.17) is 11.6 Å². The lowest BCUT2D eigenvalue weighted by molar-refractivity contribution is 0.149. The zero-order valence-electron chi connectivity index (χ0n) is 10.2. The van der Waals surface area contributed by atoms with Gasteiger partial charge in [0.05, 0.1) is 22.9 Å². The van der Waals surface area contributed by atoms with E-state index in [1.807, 2.05) is 24.3 Å². The van der Waals surface area contributed by atoms with E-state index in [1.165, 1.54) is 12.8 Å². The lowest BCUT2D eigenvalue weighted by atomic mass is 9.76. The molecule has 2 N–H and O–H groups in total. The van der Waals surface area contributed by atoms with Crippen molar-refractivity contribution in [3.8, 4) is 0 Å².